The van der Waals surface area contributed by atoms with Crippen LogP contribution in [0.4, 0.5) is 0 Å². The largest absolute Gasteiger partial charge is 0.325 e. The fourth-order valence-electron chi connectivity index (χ4n) is 1.06. The molecule has 4 heteroatoms. The topological polar surface area (TPSA) is 67.6 Å². The number of hydrogen-bond acceptors (Lipinski definition) is 3. The Morgan fingerprint density at radius 3 is 3.27 bits per heavy atom. The molecule has 0 radical (unpaired) electrons. The number of fused-ring (bicyclic) bond motifs is 1. The summed E-state index contributed by atoms with van der Waals surface area (Å²) in [6.07, 6.45) is 3.48. The highest BCUT2D eigenvalue weighted by molar-refractivity contribution is 5.79. The lowest BCUT2D eigenvalue weighted by Gasteiger charge is -1.88. The van der Waals surface area contributed by atoms with Crippen molar-refractivity contribution >= 4 is 10.9 Å². The van der Waals surface area contributed by atoms with Gasteiger partial charge in [-0.1, -0.05) is 0 Å². The molecule has 0 aliphatic heterocycles. The normalized spacial score (nSPS) is 10.6. The fraction of sp³-hybridized carbons (Fsp3) is 0.143. The summed E-state index contributed by atoms with van der Waals surface area (Å²) in [6, 6.07) is 1.85. The smallest absolute Gasteiger partial charge is 0.0955 e. The van der Waals surface area contributed by atoms with E-state index in [4.69, 9.17) is 5.73 Å². The summed E-state index contributed by atoms with van der Waals surface area (Å²) >= 11 is 0. The number of nitrogens with one attached hydrogen (secondary N) is 1. The second-order valence-electron chi connectivity index (χ2n) is 2.30. The van der Waals surface area contributed by atoms with Gasteiger partial charge in [0.2, 0.25) is 0 Å². The summed E-state index contributed by atoms with van der Waals surface area (Å²) < 4.78 is 0. The second kappa shape index (κ2) is 2.32. The molecule has 2 aromatic rings. The molecule has 0 aromatic carbocycles. The molecular formula is C7H8N4. The lowest BCUT2D eigenvalue weighted by Crippen LogP contribution is -1.96. The molecule has 0 atom stereocenters. The summed E-state index contributed by atoms with van der Waals surface area (Å²) in [7, 11) is 0. The predicted molar refractivity (Wildman–Crippen MR) is 41.8 cm³/mol. The molecule has 3 N–H and O–H groups in total. The highest BCUT2D eigenvalue weighted by atomic mass is 15.1. The lowest BCUT2D eigenvalue weighted by molar-refractivity contribution is 0.958. The van der Waals surface area contributed by atoms with Gasteiger partial charge >= 0.3 is 0 Å². The van der Waals surface area contributed by atoms with Crippen LogP contribution in [0.1, 0.15) is 5.69 Å². The van der Waals surface area contributed by atoms with Crippen molar-refractivity contribution in [3.05, 3.63) is 24.2 Å². The van der Waals surface area contributed by atoms with Crippen LogP contribution in [-0.2, 0) is 6.54 Å². The fourth-order valence-corrected chi connectivity index (χ4v) is 1.06. The van der Waals surface area contributed by atoms with Crippen LogP contribution in [0.2, 0.25) is 0 Å². The van der Waals surface area contributed by atoms with Gasteiger partial charge < -0.3 is 5.73 Å². The minimum atomic E-state index is 0.474. The van der Waals surface area contributed by atoms with Gasteiger partial charge in [0.15, 0.2) is 0 Å². The average molecular weight is 148 g/mol. The molecule has 0 saturated heterocycles. The molecular weight excluding hydrogens is 140 g/mol. The number of pyridine rings is 1. The molecule has 2 heterocycles. The first kappa shape index (κ1) is 6.30. The summed E-state index contributed by atoms with van der Waals surface area (Å²) in [5.41, 5.74) is 7.32. The van der Waals surface area contributed by atoms with Crippen molar-refractivity contribution in [1.82, 2.24) is 15.2 Å². The molecule has 0 amide bonds. The molecule has 0 saturated carbocycles. The van der Waals surface area contributed by atoms with Crippen LogP contribution in [0.5, 0.6) is 0 Å². The number of nitrogens with zero attached hydrogens (tertiary/aromatic N) is 2. The van der Waals surface area contributed by atoms with Gasteiger partial charge in [0.25, 0.3) is 0 Å². The van der Waals surface area contributed by atoms with Crippen molar-refractivity contribution in [2.75, 3.05) is 0 Å². The number of aromatic amines is 1. The van der Waals surface area contributed by atoms with Gasteiger partial charge in [0.05, 0.1) is 11.2 Å². The van der Waals surface area contributed by atoms with E-state index in [9.17, 15) is 0 Å². The Labute approximate surface area is 63.4 Å². The van der Waals surface area contributed by atoms with Crippen LogP contribution >= 0.6 is 0 Å². The van der Waals surface area contributed by atoms with Crippen molar-refractivity contribution in [1.29, 1.82) is 0 Å². The van der Waals surface area contributed by atoms with Gasteiger partial charge in [-0.25, -0.2) is 0 Å². The molecule has 0 aliphatic rings. The molecule has 0 unspecified atom stereocenters. The zero-order valence-electron chi connectivity index (χ0n) is 5.91. The van der Waals surface area contributed by atoms with Crippen LogP contribution in [-0.4, -0.2) is 15.2 Å². The van der Waals surface area contributed by atoms with E-state index in [2.05, 4.69) is 15.2 Å². The van der Waals surface area contributed by atoms with E-state index in [1.807, 2.05) is 6.07 Å². The van der Waals surface area contributed by atoms with Gasteiger partial charge in [-0.15, -0.1) is 0 Å². The Balaban J connectivity index is 2.76. The van der Waals surface area contributed by atoms with Gasteiger partial charge in [-0.3, -0.25) is 10.1 Å². The Hall–Kier alpha value is -1.42. The first-order valence-corrected chi connectivity index (χ1v) is 3.39. The Bertz CT molecular complexity index is 365. The second-order valence-corrected chi connectivity index (χ2v) is 2.30. The lowest BCUT2D eigenvalue weighted by atomic mass is 10.2. The highest BCUT2D eigenvalue weighted by Crippen LogP contribution is 2.12. The van der Waals surface area contributed by atoms with E-state index in [1.165, 1.54) is 0 Å². The predicted octanol–water partition coefficient (Wildman–Crippen LogP) is 0.417. The zero-order chi connectivity index (χ0) is 7.68. The number of nitrogens with two attached hydrogens (primary N) is 1. The zero-order valence-corrected chi connectivity index (χ0v) is 5.91. The summed E-state index contributed by atoms with van der Waals surface area (Å²) in [6.45, 7) is 0.474. The monoisotopic (exact) mass is 148 g/mol. The SMILES string of the molecule is NCc1[nH]nc2ccncc12. The summed E-state index contributed by atoms with van der Waals surface area (Å²) in [4.78, 5) is 3.98. The number of hydrogen-bond donors (Lipinski definition) is 2. The van der Waals surface area contributed by atoms with Crippen LogP contribution in [0, 0.1) is 0 Å². The first-order valence-electron chi connectivity index (χ1n) is 3.39. The highest BCUT2D eigenvalue weighted by Gasteiger charge is 2.00. The van der Waals surface area contributed by atoms with E-state index in [-0.39, 0.29) is 0 Å². The molecule has 4 nitrogen and oxygen atoms in total. The van der Waals surface area contributed by atoms with Crippen LogP contribution in [0.25, 0.3) is 10.9 Å². The summed E-state index contributed by atoms with van der Waals surface area (Å²) in [5.74, 6) is 0. The average Bonchev–Trinajstić information content (AvgIpc) is 2.47. The molecule has 0 bridgehead atoms. The molecule has 0 fully saturated rings. The van der Waals surface area contributed by atoms with Gasteiger partial charge in [0.1, 0.15) is 0 Å². The molecule has 56 valence electrons. The number of rotatable bonds is 1. The third-order valence-corrected chi connectivity index (χ3v) is 1.64. The maximum absolute atomic E-state index is 5.46. The maximum Gasteiger partial charge on any atom is 0.0955 e. The van der Waals surface area contributed by atoms with Gasteiger partial charge in [-0.2, -0.15) is 5.10 Å². The van der Waals surface area contributed by atoms with E-state index >= 15 is 0 Å². The van der Waals surface area contributed by atoms with Crippen molar-refractivity contribution in [3.63, 3.8) is 0 Å². The number of aromatic nitrogens is 3. The Morgan fingerprint density at radius 1 is 1.55 bits per heavy atom. The summed E-state index contributed by atoms with van der Waals surface area (Å²) in [5, 5.41) is 7.90. The quantitative estimate of drug-likeness (QED) is 0.615. The molecule has 11 heavy (non-hydrogen) atoms. The van der Waals surface area contributed by atoms with Crippen molar-refractivity contribution in [3.8, 4) is 0 Å². The van der Waals surface area contributed by atoms with Crippen LogP contribution < -0.4 is 5.73 Å². The Morgan fingerprint density at radius 2 is 2.45 bits per heavy atom. The third-order valence-electron chi connectivity index (χ3n) is 1.64. The van der Waals surface area contributed by atoms with Gasteiger partial charge in [-0.05, 0) is 6.07 Å². The minimum Gasteiger partial charge on any atom is -0.325 e. The molecule has 0 spiro atoms. The molecule has 2 aromatic heterocycles. The van der Waals surface area contributed by atoms with E-state index in [1.54, 1.807) is 12.4 Å². The third kappa shape index (κ3) is 0.877. The van der Waals surface area contributed by atoms with E-state index in [0.717, 1.165) is 16.6 Å². The van der Waals surface area contributed by atoms with E-state index < -0.39 is 0 Å². The van der Waals surface area contributed by atoms with Crippen LogP contribution in [0.3, 0.4) is 0 Å². The molecule has 2 rings (SSSR count). The van der Waals surface area contributed by atoms with Crippen molar-refractivity contribution < 1.29 is 0 Å². The standard InChI is InChI=1S/C7H8N4/c8-3-7-5-4-9-2-1-6(5)10-11-7/h1-2,4H,3,8H2,(H,10,11). The first-order chi connectivity index (χ1) is 5.42. The molecule has 0 aliphatic carbocycles. The van der Waals surface area contributed by atoms with Crippen LogP contribution in [0.15, 0.2) is 18.5 Å². The number of H-pyrrole nitrogens is 1. The Kier molecular flexibility index (Phi) is 1.33. The maximum atomic E-state index is 5.46. The van der Waals surface area contributed by atoms with Gasteiger partial charge in [0, 0.05) is 24.3 Å². The van der Waals surface area contributed by atoms with Crippen molar-refractivity contribution in [2.45, 2.75) is 6.54 Å². The van der Waals surface area contributed by atoms with E-state index in [0.29, 0.717) is 6.54 Å². The van der Waals surface area contributed by atoms with Crippen molar-refractivity contribution in [2.24, 2.45) is 5.73 Å². The minimum absolute atomic E-state index is 0.474.